The van der Waals surface area contributed by atoms with Gasteiger partial charge in [0.15, 0.2) is 5.82 Å². The number of aliphatic imine (C=N–C) groups is 1. The molecule has 0 aliphatic heterocycles. The van der Waals surface area contributed by atoms with Crippen LogP contribution in [-0.4, -0.2) is 25.4 Å². The van der Waals surface area contributed by atoms with Crippen LogP contribution in [0.25, 0.3) is 16.9 Å². The Bertz CT molecular complexity index is 1270. The highest BCUT2D eigenvalue weighted by Crippen LogP contribution is 2.23. The second kappa shape index (κ2) is 7.96. The Hall–Kier alpha value is -4.33. The zero-order valence-electron chi connectivity index (χ0n) is 16.0. The third kappa shape index (κ3) is 3.66. The average Bonchev–Trinajstić information content (AvgIpc) is 3.12. The fourth-order valence-corrected chi connectivity index (χ4v) is 3.14. The van der Waals surface area contributed by atoms with Crippen molar-refractivity contribution in [3.05, 3.63) is 105 Å². The number of nitro groups is 1. The maximum Gasteiger partial charge on any atom is 0.280 e. The van der Waals surface area contributed by atoms with Gasteiger partial charge in [0.05, 0.1) is 27.6 Å². The molecule has 8 heteroatoms. The highest BCUT2D eigenvalue weighted by molar-refractivity contribution is 6.04. The number of non-ortho nitro benzene ring substituents is 1. The Labute approximate surface area is 171 Å². The molecule has 0 aliphatic carbocycles. The van der Waals surface area contributed by atoms with Gasteiger partial charge in [0.25, 0.3) is 11.2 Å². The van der Waals surface area contributed by atoms with Gasteiger partial charge in [-0.25, -0.2) is 14.7 Å². The highest BCUT2D eigenvalue weighted by atomic mass is 16.6. The Kier molecular flexibility index (Phi) is 5.04. The molecule has 0 amide bonds. The van der Waals surface area contributed by atoms with E-state index in [0.29, 0.717) is 28.5 Å². The van der Waals surface area contributed by atoms with E-state index in [1.54, 1.807) is 25.3 Å². The monoisotopic (exact) mass is 399 g/mol. The summed E-state index contributed by atoms with van der Waals surface area (Å²) >= 11 is 0. The maximum atomic E-state index is 13.3. The highest BCUT2D eigenvalue weighted by Gasteiger charge is 2.19. The molecule has 2 heterocycles. The van der Waals surface area contributed by atoms with Crippen molar-refractivity contribution < 1.29 is 4.92 Å². The van der Waals surface area contributed by atoms with Crippen molar-refractivity contribution >= 4 is 17.2 Å². The topological polar surface area (TPSA) is 106 Å². The summed E-state index contributed by atoms with van der Waals surface area (Å²) in [5, 5.41) is 14.1. The molecule has 0 saturated heterocycles. The minimum Gasteiger partial charge on any atom is -0.290 e. The van der Waals surface area contributed by atoms with Crippen molar-refractivity contribution in [2.75, 3.05) is 0 Å². The van der Waals surface area contributed by atoms with E-state index in [1.807, 2.05) is 36.4 Å². The van der Waals surface area contributed by atoms with Crippen LogP contribution >= 0.6 is 0 Å². The van der Waals surface area contributed by atoms with E-state index in [-0.39, 0.29) is 11.2 Å². The molecule has 2 aromatic heterocycles. The van der Waals surface area contributed by atoms with E-state index >= 15 is 0 Å². The van der Waals surface area contributed by atoms with Crippen molar-refractivity contribution in [3.8, 4) is 16.9 Å². The van der Waals surface area contributed by atoms with E-state index in [0.717, 1.165) is 5.56 Å². The Morgan fingerprint density at radius 3 is 2.37 bits per heavy atom. The first-order valence-electron chi connectivity index (χ1n) is 9.16. The summed E-state index contributed by atoms with van der Waals surface area (Å²) in [6.45, 7) is 1.76. The van der Waals surface area contributed by atoms with Gasteiger partial charge in [-0.05, 0) is 31.2 Å². The number of hydrogen-bond acceptors (Lipinski definition) is 5. The van der Waals surface area contributed by atoms with Crippen LogP contribution in [0.1, 0.15) is 12.5 Å². The number of nitrogens with one attached hydrogen (secondary N) is 1. The lowest BCUT2D eigenvalue weighted by atomic mass is 10.1. The lowest BCUT2D eigenvalue weighted by molar-refractivity contribution is -0.384. The smallest absolute Gasteiger partial charge is 0.280 e. The van der Waals surface area contributed by atoms with Gasteiger partial charge in [0.2, 0.25) is 0 Å². The minimum absolute atomic E-state index is 0.0465. The minimum atomic E-state index is -0.480. The van der Waals surface area contributed by atoms with Crippen LogP contribution < -0.4 is 5.56 Å². The first-order chi connectivity index (χ1) is 14.5. The number of hydrogen-bond donors (Lipinski definition) is 1. The van der Waals surface area contributed by atoms with E-state index in [9.17, 15) is 14.9 Å². The number of rotatable bonds is 5. The summed E-state index contributed by atoms with van der Waals surface area (Å²) in [6.07, 6.45) is 1.64. The normalized spacial score (nSPS) is 11.4. The number of nitro benzene ring substituents is 1. The first kappa shape index (κ1) is 19.0. The largest absolute Gasteiger partial charge is 0.290 e. The van der Waals surface area contributed by atoms with E-state index in [4.69, 9.17) is 0 Å². The summed E-state index contributed by atoms with van der Waals surface area (Å²) in [7, 11) is 0. The first-order valence-corrected chi connectivity index (χ1v) is 9.16. The van der Waals surface area contributed by atoms with Crippen molar-refractivity contribution in [2.45, 2.75) is 6.92 Å². The summed E-state index contributed by atoms with van der Waals surface area (Å²) in [4.78, 5) is 32.5. The molecule has 8 nitrogen and oxygen atoms in total. The zero-order valence-corrected chi connectivity index (χ0v) is 16.0. The summed E-state index contributed by atoms with van der Waals surface area (Å²) in [5.41, 5.74) is 2.48. The van der Waals surface area contributed by atoms with Crippen LogP contribution in [0.5, 0.6) is 0 Å². The molecule has 0 fully saturated rings. The molecular weight excluding hydrogens is 382 g/mol. The molecule has 30 heavy (non-hydrogen) atoms. The Morgan fingerprint density at radius 1 is 1.03 bits per heavy atom. The molecule has 0 atom stereocenters. The number of aromatic amines is 1. The fraction of sp³-hybridized carbons (Fsp3) is 0.0455. The van der Waals surface area contributed by atoms with E-state index < -0.39 is 4.92 Å². The van der Waals surface area contributed by atoms with Crippen molar-refractivity contribution in [1.82, 2.24) is 14.8 Å². The summed E-state index contributed by atoms with van der Waals surface area (Å²) < 4.78 is 1.36. The quantitative estimate of drug-likeness (QED) is 0.307. The predicted molar refractivity (Wildman–Crippen MR) is 115 cm³/mol. The summed E-state index contributed by atoms with van der Waals surface area (Å²) in [6, 6.07) is 20.6. The van der Waals surface area contributed by atoms with Crippen LogP contribution in [0.2, 0.25) is 0 Å². The van der Waals surface area contributed by atoms with Gasteiger partial charge in [-0.2, -0.15) is 0 Å². The van der Waals surface area contributed by atoms with E-state index in [1.165, 1.54) is 28.9 Å². The molecule has 4 aromatic rings. The van der Waals surface area contributed by atoms with Gasteiger partial charge < -0.3 is 0 Å². The van der Waals surface area contributed by atoms with Crippen LogP contribution in [0.3, 0.4) is 0 Å². The van der Waals surface area contributed by atoms with Gasteiger partial charge >= 0.3 is 0 Å². The standard InChI is InChI=1S/C22H17N5O3/c1-15(24-19-9-5-6-14-23-19)20-21(16-7-3-2-4-8-16)25-26(22(20)28)17-10-12-18(13-11-17)27(29)30/h2-14,25H,1H3. The molecule has 0 spiro atoms. The number of pyridine rings is 1. The lowest BCUT2D eigenvalue weighted by Gasteiger charge is -2.03. The second-order valence-electron chi connectivity index (χ2n) is 6.53. The van der Waals surface area contributed by atoms with Crippen LogP contribution in [0.15, 0.2) is 88.8 Å². The van der Waals surface area contributed by atoms with Crippen LogP contribution in [0.4, 0.5) is 11.5 Å². The molecule has 0 bridgehead atoms. The number of H-pyrrole nitrogens is 1. The second-order valence-corrected chi connectivity index (χ2v) is 6.53. The fourth-order valence-electron chi connectivity index (χ4n) is 3.14. The molecule has 148 valence electrons. The van der Waals surface area contributed by atoms with Gasteiger partial charge in [0, 0.05) is 23.9 Å². The third-order valence-electron chi connectivity index (χ3n) is 4.57. The Morgan fingerprint density at radius 2 is 1.73 bits per heavy atom. The lowest BCUT2D eigenvalue weighted by Crippen LogP contribution is -2.19. The number of nitrogens with zero attached hydrogens (tertiary/aromatic N) is 4. The van der Waals surface area contributed by atoms with Crippen molar-refractivity contribution in [1.29, 1.82) is 0 Å². The molecular formula is C22H17N5O3. The Balaban J connectivity index is 1.89. The third-order valence-corrected chi connectivity index (χ3v) is 4.57. The van der Waals surface area contributed by atoms with Crippen molar-refractivity contribution in [2.24, 2.45) is 4.99 Å². The molecule has 4 rings (SSSR count). The molecule has 0 radical (unpaired) electrons. The average molecular weight is 399 g/mol. The molecule has 0 unspecified atom stereocenters. The van der Waals surface area contributed by atoms with Gasteiger partial charge in [-0.3, -0.25) is 20.0 Å². The molecule has 0 saturated carbocycles. The van der Waals surface area contributed by atoms with Gasteiger partial charge in [0.1, 0.15) is 0 Å². The van der Waals surface area contributed by atoms with Crippen LogP contribution in [0, 0.1) is 10.1 Å². The van der Waals surface area contributed by atoms with E-state index in [2.05, 4.69) is 15.1 Å². The molecule has 0 aliphatic rings. The SMILES string of the molecule is CC(=Nc1ccccn1)c1c(-c2ccccc2)[nH]n(-c2ccc([N+](=O)[O-])cc2)c1=O. The van der Waals surface area contributed by atoms with Gasteiger partial charge in [-0.15, -0.1) is 0 Å². The molecule has 2 aromatic carbocycles. The number of aromatic nitrogens is 3. The molecule has 1 N–H and O–H groups in total. The predicted octanol–water partition coefficient (Wildman–Crippen LogP) is 4.28. The zero-order chi connectivity index (χ0) is 21.1. The van der Waals surface area contributed by atoms with Crippen molar-refractivity contribution in [3.63, 3.8) is 0 Å². The number of benzene rings is 2. The summed E-state index contributed by atoms with van der Waals surface area (Å²) in [5.74, 6) is 0.497. The van der Waals surface area contributed by atoms with Crippen LogP contribution in [-0.2, 0) is 0 Å². The maximum absolute atomic E-state index is 13.3. The van der Waals surface area contributed by atoms with Gasteiger partial charge in [-0.1, -0.05) is 36.4 Å².